The number of thioether (sulfide) groups is 1. The van der Waals surface area contributed by atoms with Crippen molar-refractivity contribution in [3.05, 3.63) is 12.4 Å². The number of amides is 2. The first kappa shape index (κ1) is 13.5. The number of carbonyl (C=O) groups is 2. The Balaban J connectivity index is 1.68. The summed E-state index contributed by atoms with van der Waals surface area (Å²) in [6.45, 7) is 2.09. The normalized spacial score (nSPS) is 23.4. The molecule has 3 heterocycles. The van der Waals surface area contributed by atoms with Crippen molar-refractivity contribution in [1.82, 2.24) is 14.7 Å². The van der Waals surface area contributed by atoms with Crippen molar-refractivity contribution in [3.8, 4) is 0 Å². The van der Waals surface area contributed by atoms with Crippen LogP contribution in [0.25, 0.3) is 0 Å². The number of hydrogen-bond acceptors (Lipinski definition) is 4. The molecule has 3 rings (SSSR count). The van der Waals surface area contributed by atoms with Crippen molar-refractivity contribution in [2.45, 2.75) is 6.42 Å². The Morgan fingerprint density at radius 1 is 1.40 bits per heavy atom. The van der Waals surface area contributed by atoms with Gasteiger partial charge in [0.05, 0.1) is 17.8 Å². The van der Waals surface area contributed by atoms with Crippen LogP contribution in [0.2, 0.25) is 0 Å². The van der Waals surface area contributed by atoms with Crippen LogP contribution in [0, 0.1) is 5.92 Å². The lowest BCUT2D eigenvalue weighted by Crippen LogP contribution is -2.42. The Kier molecular flexibility index (Phi) is 3.69. The fraction of sp³-hybridized carbons (Fsp3) is 0.615. The zero-order chi connectivity index (χ0) is 14.1. The summed E-state index contributed by atoms with van der Waals surface area (Å²) in [5, 5.41) is 4.08. The Hall–Kier alpha value is -1.50. The van der Waals surface area contributed by atoms with Gasteiger partial charge < -0.3 is 9.80 Å². The number of aryl methyl sites for hydroxylation is 1. The van der Waals surface area contributed by atoms with Crippen LogP contribution in [-0.4, -0.2) is 57.6 Å². The van der Waals surface area contributed by atoms with Crippen LogP contribution in [0.15, 0.2) is 12.4 Å². The lowest BCUT2D eigenvalue weighted by Gasteiger charge is -2.28. The zero-order valence-electron chi connectivity index (χ0n) is 11.5. The van der Waals surface area contributed by atoms with Crippen molar-refractivity contribution >= 4 is 29.3 Å². The highest BCUT2D eigenvalue weighted by Crippen LogP contribution is 2.26. The second-order valence-electron chi connectivity index (χ2n) is 5.22. The van der Waals surface area contributed by atoms with Crippen molar-refractivity contribution in [2.75, 3.05) is 36.0 Å². The molecular formula is C13H18N4O2S. The summed E-state index contributed by atoms with van der Waals surface area (Å²) in [7, 11) is 1.82. The summed E-state index contributed by atoms with van der Waals surface area (Å²) in [6, 6.07) is 0. The van der Waals surface area contributed by atoms with Gasteiger partial charge in [0.25, 0.3) is 0 Å². The Morgan fingerprint density at radius 3 is 2.80 bits per heavy atom. The summed E-state index contributed by atoms with van der Waals surface area (Å²) >= 11 is 1.88. The first-order valence-corrected chi connectivity index (χ1v) is 7.96. The van der Waals surface area contributed by atoms with Gasteiger partial charge in [0.15, 0.2) is 0 Å². The molecule has 0 aliphatic carbocycles. The summed E-state index contributed by atoms with van der Waals surface area (Å²) in [5.74, 6) is 1.94. The quantitative estimate of drug-likeness (QED) is 0.790. The van der Waals surface area contributed by atoms with Gasteiger partial charge in [-0.25, -0.2) is 0 Å². The predicted molar refractivity (Wildman–Crippen MR) is 77.6 cm³/mol. The standard InChI is InChI=1S/C13H18N4O2S/c1-15-9-11(7-14-15)17-8-10(6-12(17)18)13(19)16-2-4-20-5-3-16/h7,9-10H,2-6,8H2,1H3/t10-/m0/s1. The molecule has 2 fully saturated rings. The van der Waals surface area contributed by atoms with E-state index in [1.165, 1.54) is 0 Å². The second-order valence-corrected chi connectivity index (χ2v) is 6.44. The minimum atomic E-state index is -0.203. The highest BCUT2D eigenvalue weighted by molar-refractivity contribution is 7.99. The lowest BCUT2D eigenvalue weighted by molar-refractivity contribution is -0.135. The van der Waals surface area contributed by atoms with Gasteiger partial charge in [0.1, 0.15) is 0 Å². The van der Waals surface area contributed by atoms with E-state index in [1.54, 1.807) is 15.8 Å². The maximum atomic E-state index is 12.4. The van der Waals surface area contributed by atoms with Crippen molar-refractivity contribution in [1.29, 1.82) is 0 Å². The van der Waals surface area contributed by atoms with E-state index < -0.39 is 0 Å². The number of rotatable bonds is 2. The molecule has 0 saturated carbocycles. The molecule has 2 saturated heterocycles. The van der Waals surface area contributed by atoms with E-state index >= 15 is 0 Å². The van der Waals surface area contributed by atoms with Gasteiger partial charge >= 0.3 is 0 Å². The van der Waals surface area contributed by atoms with Crippen LogP contribution in [-0.2, 0) is 16.6 Å². The molecule has 7 heteroatoms. The largest absolute Gasteiger partial charge is 0.341 e. The van der Waals surface area contributed by atoms with Crippen LogP contribution in [0.1, 0.15) is 6.42 Å². The maximum absolute atomic E-state index is 12.4. The monoisotopic (exact) mass is 294 g/mol. The molecule has 1 aromatic rings. The summed E-state index contributed by atoms with van der Waals surface area (Å²) in [4.78, 5) is 28.1. The smallest absolute Gasteiger partial charge is 0.228 e. The SMILES string of the molecule is Cn1cc(N2C[C@@H](C(=O)N3CCSCC3)CC2=O)cn1. The Labute approximate surface area is 122 Å². The first-order valence-electron chi connectivity index (χ1n) is 6.80. The highest BCUT2D eigenvalue weighted by atomic mass is 32.2. The molecule has 0 radical (unpaired) electrons. The molecule has 0 unspecified atom stereocenters. The van der Waals surface area contributed by atoms with Gasteiger partial charge in [-0.05, 0) is 0 Å². The van der Waals surface area contributed by atoms with Gasteiger partial charge in [0, 0.05) is 50.8 Å². The molecule has 0 spiro atoms. The molecule has 0 bridgehead atoms. The zero-order valence-corrected chi connectivity index (χ0v) is 12.3. The summed E-state index contributed by atoms with van der Waals surface area (Å²) < 4.78 is 1.67. The van der Waals surface area contributed by atoms with E-state index in [9.17, 15) is 9.59 Å². The first-order chi connectivity index (χ1) is 9.65. The van der Waals surface area contributed by atoms with Crippen LogP contribution >= 0.6 is 11.8 Å². The molecule has 1 atom stereocenters. The van der Waals surface area contributed by atoms with Crippen LogP contribution < -0.4 is 4.90 Å². The van der Waals surface area contributed by atoms with E-state index in [2.05, 4.69) is 5.10 Å². The number of carbonyl (C=O) groups excluding carboxylic acids is 2. The van der Waals surface area contributed by atoms with Gasteiger partial charge in [-0.15, -0.1) is 0 Å². The highest BCUT2D eigenvalue weighted by Gasteiger charge is 2.37. The molecule has 6 nitrogen and oxygen atoms in total. The van der Waals surface area contributed by atoms with E-state index in [-0.39, 0.29) is 17.7 Å². The topological polar surface area (TPSA) is 58.4 Å². The van der Waals surface area contributed by atoms with Gasteiger partial charge in [0.2, 0.25) is 11.8 Å². The third-order valence-electron chi connectivity index (χ3n) is 3.80. The number of anilines is 1. The number of aromatic nitrogens is 2. The van der Waals surface area contributed by atoms with E-state index in [1.807, 2.05) is 29.9 Å². The molecule has 2 amide bonds. The van der Waals surface area contributed by atoms with Crippen molar-refractivity contribution in [3.63, 3.8) is 0 Å². The molecule has 20 heavy (non-hydrogen) atoms. The number of hydrogen-bond donors (Lipinski definition) is 0. The van der Waals surface area contributed by atoms with E-state index in [0.717, 1.165) is 30.3 Å². The second kappa shape index (κ2) is 5.47. The summed E-state index contributed by atoms with van der Waals surface area (Å²) in [6.07, 6.45) is 3.79. The molecule has 0 N–H and O–H groups in total. The fourth-order valence-corrected chi connectivity index (χ4v) is 3.62. The van der Waals surface area contributed by atoms with Gasteiger partial charge in [-0.2, -0.15) is 16.9 Å². The Bertz CT molecular complexity index is 524. The lowest BCUT2D eigenvalue weighted by atomic mass is 10.1. The van der Waals surface area contributed by atoms with Crippen LogP contribution in [0.3, 0.4) is 0 Å². The van der Waals surface area contributed by atoms with Crippen molar-refractivity contribution < 1.29 is 9.59 Å². The molecule has 1 aromatic heterocycles. The van der Waals surface area contributed by atoms with Crippen LogP contribution in [0.4, 0.5) is 5.69 Å². The van der Waals surface area contributed by atoms with Crippen molar-refractivity contribution in [2.24, 2.45) is 13.0 Å². The third kappa shape index (κ3) is 2.54. The molecule has 108 valence electrons. The summed E-state index contributed by atoms with van der Waals surface area (Å²) in [5.41, 5.74) is 0.780. The van der Waals surface area contributed by atoms with Gasteiger partial charge in [-0.3, -0.25) is 14.3 Å². The molecule has 2 aliphatic rings. The Morgan fingerprint density at radius 2 is 2.15 bits per heavy atom. The van der Waals surface area contributed by atoms with Gasteiger partial charge in [-0.1, -0.05) is 0 Å². The minimum Gasteiger partial charge on any atom is -0.341 e. The fourth-order valence-electron chi connectivity index (χ4n) is 2.71. The van der Waals surface area contributed by atoms with E-state index in [0.29, 0.717) is 13.0 Å². The maximum Gasteiger partial charge on any atom is 0.228 e. The third-order valence-corrected chi connectivity index (χ3v) is 4.74. The molecule has 0 aromatic carbocycles. The molecular weight excluding hydrogens is 276 g/mol. The predicted octanol–water partition coefficient (Wildman–Crippen LogP) is 0.348. The average Bonchev–Trinajstić information content (AvgIpc) is 3.05. The van der Waals surface area contributed by atoms with Crippen LogP contribution in [0.5, 0.6) is 0 Å². The minimum absolute atomic E-state index is 0.0164. The number of nitrogens with zero attached hydrogens (tertiary/aromatic N) is 4. The van der Waals surface area contributed by atoms with E-state index in [4.69, 9.17) is 0 Å². The average molecular weight is 294 g/mol. The molecule has 2 aliphatic heterocycles.